The van der Waals surface area contributed by atoms with Gasteiger partial charge in [0.2, 0.25) is 0 Å². The lowest BCUT2D eigenvalue weighted by molar-refractivity contribution is -0.145. The van der Waals surface area contributed by atoms with Crippen molar-refractivity contribution >= 4 is 17.7 Å². The molecule has 1 aliphatic heterocycles. The minimum atomic E-state index is -0.121. The molecule has 4 nitrogen and oxygen atoms in total. The minimum Gasteiger partial charge on any atom is -0.465 e. The van der Waals surface area contributed by atoms with Gasteiger partial charge in [0, 0.05) is 18.4 Å². The molecule has 0 amide bonds. The summed E-state index contributed by atoms with van der Waals surface area (Å²) in [4.78, 5) is 11.8. The van der Waals surface area contributed by atoms with E-state index >= 15 is 0 Å². The van der Waals surface area contributed by atoms with Gasteiger partial charge in [-0.05, 0) is 44.8 Å². The number of nitrogens with one attached hydrogen (secondary N) is 1. The van der Waals surface area contributed by atoms with Crippen LogP contribution in [-0.4, -0.2) is 48.9 Å². The third-order valence-corrected chi connectivity index (χ3v) is 4.60. The van der Waals surface area contributed by atoms with E-state index in [-0.39, 0.29) is 12.0 Å². The second-order valence-electron chi connectivity index (χ2n) is 5.24. The van der Waals surface area contributed by atoms with Gasteiger partial charge in [0.05, 0.1) is 12.7 Å². The Bertz CT molecular complexity index is 278. The van der Waals surface area contributed by atoms with Crippen molar-refractivity contribution in [3.63, 3.8) is 0 Å². The van der Waals surface area contributed by atoms with Gasteiger partial charge in [-0.25, -0.2) is 0 Å². The molecule has 1 heterocycles. The van der Waals surface area contributed by atoms with E-state index < -0.39 is 0 Å². The fraction of sp³-hybridized carbons (Fsp3) is 0.929. The highest BCUT2D eigenvalue weighted by Crippen LogP contribution is 2.22. The fourth-order valence-electron chi connectivity index (χ4n) is 2.24. The Morgan fingerprint density at radius 3 is 2.95 bits per heavy atom. The molecule has 110 valence electrons. The first kappa shape index (κ1) is 15.1. The maximum atomic E-state index is 11.8. The maximum absolute atomic E-state index is 11.8. The van der Waals surface area contributed by atoms with Gasteiger partial charge in [-0.3, -0.25) is 4.79 Å². The second kappa shape index (κ2) is 8.12. The Morgan fingerprint density at radius 2 is 2.32 bits per heavy atom. The monoisotopic (exact) mass is 287 g/mol. The van der Waals surface area contributed by atoms with Crippen molar-refractivity contribution < 1.29 is 14.3 Å². The summed E-state index contributed by atoms with van der Waals surface area (Å²) >= 11 is 1.89. The van der Waals surface area contributed by atoms with Crippen LogP contribution < -0.4 is 5.32 Å². The molecule has 0 spiro atoms. The Balaban J connectivity index is 1.61. The Hall–Kier alpha value is -0.260. The van der Waals surface area contributed by atoms with Gasteiger partial charge in [-0.2, -0.15) is 11.8 Å². The van der Waals surface area contributed by atoms with Crippen LogP contribution in [0.25, 0.3) is 0 Å². The minimum absolute atomic E-state index is 0.0906. The smallest absolute Gasteiger partial charge is 0.323 e. The molecule has 0 aromatic heterocycles. The summed E-state index contributed by atoms with van der Waals surface area (Å²) in [6.07, 6.45) is 6.06. The lowest BCUT2D eigenvalue weighted by Gasteiger charge is -2.17. The van der Waals surface area contributed by atoms with Crippen molar-refractivity contribution in [1.29, 1.82) is 0 Å². The predicted octanol–water partition coefficient (Wildman–Crippen LogP) is 1.97. The van der Waals surface area contributed by atoms with Crippen LogP contribution in [0.15, 0.2) is 0 Å². The number of hydrogen-bond acceptors (Lipinski definition) is 5. The molecule has 2 aliphatic rings. The molecule has 2 rings (SSSR count). The summed E-state index contributed by atoms with van der Waals surface area (Å²) in [7, 11) is 0. The molecule has 5 heteroatoms. The van der Waals surface area contributed by atoms with Crippen LogP contribution >= 0.6 is 11.8 Å². The van der Waals surface area contributed by atoms with E-state index in [0.29, 0.717) is 18.8 Å². The van der Waals surface area contributed by atoms with Gasteiger partial charge < -0.3 is 14.8 Å². The lowest BCUT2D eigenvalue weighted by atomic mass is 10.2. The van der Waals surface area contributed by atoms with Crippen LogP contribution in [0.2, 0.25) is 0 Å². The van der Waals surface area contributed by atoms with Crippen molar-refractivity contribution in [3.05, 3.63) is 0 Å². The molecule has 0 bridgehead atoms. The highest BCUT2D eigenvalue weighted by Gasteiger charge is 2.29. The largest absolute Gasteiger partial charge is 0.465 e. The summed E-state index contributed by atoms with van der Waals surface area (Å²) in [6, 6.07) is 0.419. The van der Waals surface area contributed by atoms with Crippen LogP contribution in [0, 0.1) is 0 Å². The van der Waals surface area contributed by atoms with Gasteiger partial charge in [0.15, 0.2) is 0 Å². The first-order chi connectivity index (χ1) is 9.29. The summed E-state index contributed by atoms with van der Waals surface area (Å²) in [5.41, 5.74) is 0. The Morgan fingerprint density at radius 1 is 1.47 bits per heavy atom. The zero-order valence-electron chi connectivity index (χ0n) is 11.7. The van der Waals surface area contributed by atoms with E-state index in [2.05, 4.69) is 5.32 Å². The Kier molecular flexibility index (Phi) is 6.47. The number of ether oxygens (including phenoxy) is 2. The molecule has 2 atom stereocenters. The number of rotatable bonds is 9. The molecule has 1 N–H and O–H groups in total. The molecule has 0 aromatic rings. The summed E-state index contributed by atoms with van der Waals surface area (Å²) in [5.74, 6) is 1.95. The van der Waals surface area contributed by atoms with E-state index in [9.17, 15) is 4.79 Å². The molecule has 2 fully saturated rings. The quantitative estimate of drug-likeness (QED) is 0.519. The highest BCUT2D eigenvalue weighted by atomic mass is 32.2. The van der Waals surface area contributed by atoms with Gasteiger partial charge in [0.1, 0.15) is 6.04 Å². The van der Waals surface area contributed by atoms with E-state index in [4.69, 9.17) is 9.47 Å². The van der Waals surface area contributed by atoms with Gasteiger partial charge in [-0.15, -0.1) is 0 Å². The molecule has 1 saturated heterocycles. The molecule has 0 aromatic carbocycles. The van der Waals surface area contributed by atoms with Gasteiger partial charge >= 0.3 is 5.97 Å². The van der Waals surface area contributed by atoms with Crippen molar-refractivity contribution in [2.75, 3.05) is 24.7 Å². The molecule has 19 heavy (non-hydrogen) atoms. The number of carbonyl (C=O) groups excluding carboxylic acids is 1. The van der Waals surface area contributed by atoms with Crippen molar-refractivity contribution in [1.82, 2.24) is 5.32 Å². The molecule has 1 saturated carbocycles. The summed E-state index contributed by atoms with van der Waals surface area (Å²) in [6.45, 7) is 3.24. The number of thioether (sulfide) groups is 1. The highest BCUT2D eigenvalue weighted by molar-refractivity contribution is 7.99. The molecule has 0 radical (unpaired) electrons. The van der Waals surface area contributed by atoms with E-state index in [0.717, 1.165) is 24.5 Å². The van der Waals surface area contributed by atoms with Crippen LogP contribution in [0.4, 0.5) is 0 Å². The topological polar surface area (TPSA) is 47.6 Å². The fourth-order valence-corrected chi connectivity index (χ4v) is 3.33. The Labute approximate surface area is 120 Å². The molecule has 2 unspecified atom stereocenters. The van der Waals surface area contributed by atoms with Crippen LogP contribution in [0.3, 0.4) is 0 Å². The molecule has 1 aliphatic carbocycles. The third-order valence-electron chi connectivity index (χ3n) is 3.46. The summed E-state index contributed by atoms with van der Waals surface area (Å²) < 4.78 is 10.7. The third kappa shape index (κ3) is 5.71. The number of esters is 1. The maximum Gasteiger partial charge on any atom is 0.323 e. The first-order valence-electron chi connectivity index (χ1n) is 7.41. The van der Waals surface area contributed by atoms with Crippen LogP contribution in [-0.2, 0) is 14.3 Å². The van der Waals surface area contributed by atoms with Gasteiger partial charge in [0.25, 0.3) is 0 Å². The normalized spacial score (nSPS) is 24.4. The van der Waals surface area contributed by atoms with Gasteiger partial charge in [-0.1, -0.05) is 0 Å². The average molecular weight is 287 g/mol. The molecular weight excluding hydrogens is 262 g/mol. The first-order valence-corrected chi connectivity index (χ1v) is 8.57. The van der Waals surface area contributed by atoms with E-state index in [1.807, 2.05) is 18.7 Å². The zero-order chi connectivity index (χ0) is 13.5. The van der Waals surface area contributed by atoms with Crippen molar-refractivity contribution in [2.24, 2.45) is 0 Å². The lowest BCUT2D eigenvalue weighted by Crippen LogP contribution is -2.40. The zero-order valence-corrected chi connectivity index (χ0v) is 12.5. The second-order valence-corrected chi connectivity index (χ2v) is 6.39. The van der Waals surface area contributed by atoms with E-state index in [1.165, 1.54) is 25.7 Å². The number of carbonyl (C=O) groups is 1. The van der Waals surface area contributed by atoms with Crippen molar-refractivity contribution in [3.8, 4) is 0 Å². The average Bonchev–Trinajstić information content (AvgIpc) is 3.07. The molecular formula is C14H25NO3S. The summed E-state index contributed by atoms with van der Waals surface area (Å²) in [5, 5.41) is 3.38. The van der Waals surface area contributed by atoms with E-state index in [1.54, 1.807) is 0 Å². The van der Waals surface area contributed by atoms with Crippen molar-refractivity contribution in [2.45, 2.75) is 57.2 Å². The van der Waals surface area contributed by atoms with Crippen LogP contribution in [0.5, 0.6) is 0 Å². The van der Waals surface area contributed by atoms with Crippen LogP contribution in [0.1, 0.15) is 39.0 Å². The number of hydrogen-bond donors (Lipinski definition) is 1. The predicted molar refractivity (Wildman–Crippen MR) is 77.5 cm³/mol. The standard InChI is InChI=1S/C14H25NO3S/c1-2-17-14(16)13(15-11-5-6-11)7-9-19-10-12-4-3-8-18-12/h11-13,15H,2-10H2,1H3. The SMILES string of the molecule is CCOC(=O)C(CCSCC1CCCO1)NC1CC1.